The molecule has 0 saturated carbocycles. The summed E-state index contributed by atoms with van der Waals surface area (Å²) in [5.41, 5.74) is 10.8. The van der Waals surface area contributed by atoms with Crippen LogP contribution < -0.4 is 11.5 Å². The number of rotatable bonds is 5. The van der Waals surface area contributed by atoms with Crippen LogP contribution in [0.15, 0.2) is 17.1 Å². The quantitative estimate of drug-likeness (QED) is 0.559. The van der Waals surface area contributed by atoms with Gasteiger partial charge in [-0.3, -0.25) is 9.79 Å². The lowest BCUT2D eigenvalue weighted by molar-refractivity contribution is -0.156. The monoisotopic (exact) mass is 338 g/mol. The van der Waals surface area contributed by atoms with E-state index in [1.807, 2.05) is 19.9 Å². The minimum absolute atomic E-state index is 0.121. The highest BCUT2D eigenvalue weighted by Crippen LogP contribution is 2.22. The molecule has 0 aromatic carbocycles. The number of carbonyl (C=O) groups excluding carboxylic acids is 1. The molecule has 0 aliphatic carbocycles. The summed E-state index contributed by atoms with van der Waals surface area (Å²) in [5, 5.41) is 0. The fraction of sp³-hybridized carbons (Fsp3) is 0.765. The van der Waals surface area contributed by atoms with Gasteiger partial charge >= 0.3 is 5.97 Å². The summed E-state index contributed by atoms with van der Waals surface area (Å²) in [4.78, 5) is 18.5. The number of aliphatic imine (C=N–C) groups is 1. The number of amidine groups is 1. The number of methoxy groups -OCH3 is 1. The van der Waals surface area contributed by atoms with E-state index in [1.165, 1.54) is 7.11 Å². The predicted molar refractivity (Wildman–Crippen MR) is 93.4 cm³/mol. The number of carbonyl (C=O) groups is 1. The van der Waals surface area contributed by atoms with Crippen molar-refractivity contribution in [3.05, 3.63) is 12.2 Å². The lowest BCUT2D eigenvalue weighted by Gasteiger charge is -2.35. The van der Waals surface area contributed by atoms with Crippen molar-refractivity contribution in [1.29, 1.82) is 0 Å². The average Bonchev–Trinajstić information content (AvgIpc) is 2.59. The van der Waals surface area contributed by atoms with Crippen LogP contribution in [0.3, 0.4) is 0 Å². The van der Waals surface area contributed by atoms with Gasteiger partial charge in [0.25, 0.3) is 0 Å². The number of nitrogens with zero attached hydrogens (tertiary/aromatic N) is 2. The number of nitrogens with two attached hydrogens (primary N) is 2. The Morgan fingerprint density at radius 2 is 2.08 bits per heavy atom. The van der Waals surface area contributed by atoms with Gasteiger partial charge in [0.15, 0.2) is 0 Å². The number of piperidine rings is 1. The fourth-order valence-electron chi connectivity index (χ4n) is 2.89. The molecule has 7 heteroatoms. The molecule has 0 amide bonds. The highest BCUT2D eigenvalue weighted by atomic mass is 16.5. The van der Waals surface area contributed by atoms with Crippen LogP contribution in [0.5, 0.6) is 0 Å². The maximum absolute atomic E-state index is 11.7. The van der Waals surface area contributed by atoms with Crippen molar-refractivity contribution in [2.75, 3.05) is 33.4 Å². The summed E-state index contributed by atoms with van der Waals surface area (Å²) < 4.78 is 10.7. The zero-order chi connectivity index (χ0) is 17.7. The second-order valence-electron chi connectivity index (χ2n) is 7.17. The third kappa shape index (κ3) is 4.78. The Balaban J connectivity index is 1.76. The molecule has 2 rings (SSSR count). The zero-order valence-electron chi connectivity index (χ0n) is 14.9. The van der Waals surface area contributed by atoms with Gasteiger partial charge in [-0.15, -0.1) is 0 Å². The molecular weight excluding hydrogens is 308 g/mol. The van der Waals surface area contributed by atoms with Gasteiger partial charge in [0.05, 0.1) is 37.9 Å². The molecule has 1 unspecified atom stereocenters. The van der Waals surface area contributed by atoms with E-state index in [0.717, 1.165) is 31.8 Å². The van der Waals surface area contributed by atoms with Gasteiger partial charge in [-0.05, 0) is 32.8 Å². The van der Waals surface area contributed by atoms with Crippen molar-refractivity contribution in [2.24, 2.45) is 27.8 Å². The maximum atomic E-state index is 11.7. The Morgan fingerprint density at radius 3 is 2.58 bits per heavy atom. The number of ether oxygens (including phenoxy) is 2. The van der Waals surface area contributed by atoms with Crippen LogP contribution in [0.2, 0.25) is 0 Å². The molecule has 0 bridgehead atoms. The molecule has 2 heterocycles. The molecule has 0 aromatic heterocycles. The zero-order valence-corrected chi connectivity index (χ0v) is 14.9. The molecule has 1 saturated heterocycles. The van der Waals surface area contributed by atoms with E-state index in [0.29, 0.717) is 13.2 Å². The number of likely N-dealkylation sites (tertiary alicyclic amines) is 1. The number of hydrogen-bond acceptors (Lipinski definition) is 7. The average molecular weight is 338 g/mol. The summed E-state index contributed by atoms with van der Waals surface area (Å²) in [6.07, 6.45) is 5.72. The molecule has 1 atom stereocenters. The first kappa shape index (κ1) is 18.9. The minimum Gasteiger partial charge on any atom is -0.469 e. The van der Waals surface area contributed by atoms with Crippen molar-refractivity contribution < 1.29 is 14.3 Å². The van der Waals surface area contributed by atoms with Crippen LogP contribution in [0.4, 0.5) is 0 Å². The summed E-state index contributed by atoms with van der Waals surface area (Å²) >= 11 is 0. The molecule has 24 heavy (non-hydrogen) atoms. The molecule has 7 nitrogen and oxygen atoms in total. The van der Waals surface area contributed by atoms with Gasteiger partial charge in [0, 0.05) is 19.0 Å². The Bertz CT molecular complexity index is 494. The fourth-order valence-corrected chi connectivity index (χ4v) is 2.89. The van der Waals surface area contributed by atoms with Crippen molar-refractivity contribution >= 4 is 11.8 Å². The van der Waals surface area contributed by atoms with Crippen LogP contribution in [-0.2, 0) is 14.3 Å². The second-order valence-corrected chi connectivity index (χ2v) is 7.17. The Morgan fingerprint density at radius 1 is 1.42 bits per heavy atom. The summed E-state index contributed by atoms with van der Waals surface area (Å²) in [6.45, 7) is 6.49. The normalized spacial score (nSPS) is 22.7. The standard InChI is InChI=1S/C17H30N4O3/c1-17(2,16(22)23-3)11-24-13-6-8-21(9-7-13)14-5-4-12(10-20-14)15(18)19/h4-5,12-13,15H,6-11,18-19H2,1-3H3. The number of dihydropyridines is 1. The second kappa shape index (κ2) is 8.09. The van der Waals surface area contributed by atoms with Gasteiger partial charge in [-0.2, -0.15) is 0 Å². The number of esters is 1. The third-order valence-electron chi connectivity index (χ3n) is 4.63. The highest BCUT2D eigenvalue weighted by molar-refractivity contribution is 5.93. The minimum atomic E-state index is -0.613. The molecule has 0 spiro atoms. The lowest BCUT2D eigenvalue weighted by atomic mass is 9.95. The van der Waals surface area contributed by atoms with Gasteiger partial charge < -0.3 is 25.8 Å². The maximum Gasteiger partial charge on any atom is 0.313 e. The number of hydrogen-bond donors (Lipinski definition) is 2. The van der Waals surface area contributed by atoms with Gasteiger partial charge in [0.2, 0.25) is 0 Å². The third-order valence-corrected chi connectivity index (χ3v) is 4.63. The molecule has 0 aromatic rings. The van der Waals surface area contributed by atoms with E-state index >= 15 is 0 Å². The Labute approximate surface area is 144 Å². The molecule has 2 aliphatic heterocycles. The SMILES string of the molecule is COC(=O)C(C)(C)COC1CCN(C2=NCC(C(N)N)C=C2)CC1. The van der Waals surface area contributed by atoms with Crippen LogP contribution in [-0.4, -0.2) is 62.3 Å². The first-order chi connectivity index (χ1) is 11.3. The summed E-state index contributed by atoms with van der Waals surface area (Å²) in [7, 11) is 1.41. The summed E-state index contributed by atoms with van der Waals surface area (Å²) in [5.74, 6) is 0.879. The van der Waals surface area contributed by atoms with Gasteiger partial charge in [0.1, 0.15) is 5.84 Å². The van der Waals surface area contributed by atoms with E-state index in [2.05, 4.69) is 16.0 Å². The first-order valence-electron chi connectivity index (χ1n) is 8.52. The van der Waals surface area contributed by atoms with Crippen LogP contribution in [0.1, 0.15) is 26.7 Å². The predicted octanol–water partition coefficient (Wildman–Crippen LogP) is 0.495. The van der Waals surface area contributed by atoms with Crippen LogP contribution in [0, 0.1) is 11.3 Å². The van der Waals surface area contributed by atoms with Gasteiger partial charge in [-0.1, -0.05) is 6.08 Å². The van der Waals surface area contributed by atoms with E-state index < -0.39 is 5.41 Å². The van der Waals surface area contributed by atoms with Crippen molar-refractivity contribution in [1.82, 2.24) is 4.90 Å². The largest absolute Gasteiger partial charge is 0.469 e. The molecule has 0 radical (unpaired) electrons. The van der Waals surface area contributed by atoms with Crippen molar-refractivity contribution in [3.63, 3.8) is 0 Å². The molecular formula is C17H30N4O3. The molecule has 2 aliphatic rings. The van der Waals surface area contributed by atoms with E-state index in [4.69, 9.17) is 20.9 Å². The highest BCUT2D eigenvalue weighted by Gasteiger charge is 2.31. The van der Waals surface area contributed by atoms with Crippen molar-refractivity contribution in [3.8, 4) is 0 Å². The Kier molecular flexibility index (Phi) is 6.37. The molecule has 136 valence electrons. The van der Waals surface area contributed by atoms with Crippen LogP contribution >= 0.6 is 0 Å². The van der Waals surface area contributed by atoms with Crippen molar-refractivity contribution in [2.45, 2.75) is 39.0 Å². The van der Waals surface area contributed by atoms with E-state index in [9.17, 15) is 4.79 Å². The van der Waals surface area contributed by atoms with Crippen LogP contribution in [0.25, 0.3) is 0 Å². The molecule has 4 N–H and O–H groups in total. The topological polar surface area (TPSA) is 103 Å². The molecule has 1 fully saturated rings. The summed E-state index contributed by atoms with van der Waals surface area (Å²) in [6, 6.07) is 0. The van der Waals surface area contributed by atoms with E-state index in [1.54, 1.807) is 0 Å². The van der Waals surface area contributed by atoms with Gasteiger partial charge in [-0.25, -0.2) is 0 Å². The van der Waals surface area contributed by atoms with E-state index in [-0.39, 0.29) is 24.2 Å². The smallest absolute Gasteiger partial charge is 0.313 e. The lowest BCUT2D eigenvalue weighted by Crippen LogP contribution is -2.44. The first-order valence-corrected chi connectivity index (χ1v) is 8.52. The Hall–Kier alpha value is -1.44.